The molecule has 0 radical (unpaired) electrons. The largest absolute Gasteiger partial charge is 0.381 e. The Labute approximate surface area is 77.7 Å². The van der Waals surface area contributed by atoms with Gasteiger partial charge in [-0.2, -0.15) is 0 Å². The van der Waals surface area contributed by atoms with Crippen molar-refractivity contribution in [1.29, 1.82) is 0 Å². The average Bonchev–Trinajstić information content (AvgIpc) is 2.53. The van der Waals surface area contributed by atoms with E-state index in [-0.39, 0.29) is 0 Å². The number of hydrogen-bond donors (Lipinski definition) is 1. The van der Waals surface area contributed by atoms with E-state index in [4.69, 9.17) is 10.3 Å². The highest BCUT2D eigenvalue weighted by Crippen LogP contribution is 2.13. The molecule has 4 heteroatoms. The molecule has 72 valence electrons. The van der Waals surface area contributed by atoms with Gasteiger partial charge in [-0.15, -0.1) is 0 Å². The number of piperidine rings is 1. The predicted octanol–water partition coefficient (Wildman–Crippen LogP) is 1.24. The van der Waals surface area contributed by atoms with Gasteiger partial charge in [-0.3, -0.25) is 4.90 Å². The van der Waals surface area contributed by atoms with Gasteiger partial charge in [0.25, 0.3) is 0 Å². The smallest absolute Gasteiger partial charge is 0.167 e. The molecule has 1 aliphatic rings. The van der Waals surface area contributed by atoms with Crippen molar-refractivity contribution in [1.82, 2.24) is 10.1 Å². The lowest BCUT2D eigenvalue weighted by Gasteiger charge is -2.24. The van der Waals surface area contributed by atoms with Crippen LogP contribution in [-0.4, -0.2) is 23.1 Å². The monoisotopic (exact) mass is 181 g/mol. The van der Waals surface area contributed by atoms with Crippen LogP contribution in [0.25, 0.3) is 0 Å². The molecule has 0 bridgehead atoms. The summed E-state index contributed by atoms with van der Waals surface area (Å²) in [5.41, 5.74) is 5.46. The highest BCUT2D eigenvalue weighted by molar-refractivity contribution is 5.26. The summed E-state index contributed by atoms with van der Waals surface area (Å²) >= 11 is 0. The van der Waals surface area contributed by atoms with Gasteiger partial charge in [0.05, 0.1) is 6.54 Å². The maximum Gasteiger partial charge on any atom is 0.167 e. The van der Waals surface area contributed by atoms with Crippen molar-refractivity contribution in [3.8, 4) is 0 Å². The van der Waals surface area contributed by atoms with E-state index in [9.17, 15) is 0 Å². The third kappa shape index (κ3) is 2.21. The molecule has 0 saturated carbocycles. The lowest BCUT2D eigenvalue weighted by molar-refractivity contribution is 0.197. The molecule has 1 saturated heterocycles. The van der Waals surface area contributed by atoms with Crippen molar-refractivity contribution in [3.05, 3.63) is 11.8 Å². The van der Waals surface area contributed by atoms with E-state index < -0.39 is 0 Å². The Morgan fingerprint density at radius 3 is 2.77 bits per heavy atom. The van der Waals surface area contributed by atoms with Crippen LogP contribution in [0.15, 0.2) is 10.6 Å². The third-order valence-electron chi connectivity index (χ3n) is 2.41. The number of nitrogen functional groups attached to an aromatic ring is 1. The third-order valence-corrected chi connectivity index (χ3v) is 2.41. The number of likely N-dealkylation sites (tertiary alicyclic amines) is 1. The number of hydrogen-bond acceptors (Lipinski definition) is 4. The van der Waals surface area contributed by atoms with E-state index in [0.29, 0.717) is 5.82 Å². The molecule has 0 aromatic carbocycles. The minimum atomic E-state index is 0.479. The van der Waals surface area contributed by atoms with Crippen LogP contribution >= 0.6 is 0 Å². The van der Waals surface area contributed by atoms with Crippen LogP contribution in [-0.2, 0) is 6.54 Å². The van der Waals surface area contributed by atoms with E-state index >= 15 is 0 Å². The molecule has 2 N–H and O–H groups in total. The molecule has 1 aromatic rings. The summed E-state index contributed by atoms with van der Waals surface area (Å²) in [7, 11) is 0. The fourth-order valence-corrected chi connectivity index (χ4v) is 1.74. The van der Waals surface area contributed by atoms with Gasteiger partial charge in [-0.1, -0.05) is 11.6 Å². The summed E-state index contributed by atoms with van der Waals surface area (Å²) in [5, 5.41) is 3.66. The molecule has 0 aliphatic carbocycles. The molecule has 2 rings (SSSR count). The summed E-state index contributed by atoms with van der Waals surface area (Å²) < 4.78 is 5.05. The Bertz CT molecular complexity index is 266. The van der Waals surface area contributed by atoms with Crippen LogP contribution in [0.5, 0.6) is 0 Å². The highest BCUT2D eigenvalue weighted by Gasteiger charge is 2.12. The summed E-state index contributed by atoms with van der Waals surface area (Å²) in [6.45, 7) is 3.19. The van der Waals surface area contributed by atoms with Gasteiger partial charge in [-0.25, -0.2) is 0 Å². The fraction of sp³-hybridized carbons (Fsp3) is 0.667. The van der Waals surface area contributed by atoms with E-state index in [1.54, 1.807) is 6.07 Å². The van der Waals surface area contributed by atoms with Crippen LogP contribution in [0.4, 0.5) is 5.82 Å². The minimum absolute atomic E-state index is 0.479. The number of nitrogens with two attached hydrogens (primary N) is 1. The minimum Gasteiger partial charge on any atom is -0.381 e. The SMILES string of the molecule is Nc1cc(CN2CCCCC2)on1. The molecular weight excluding hydrogens is 166 g/mol. The summed E-state index contributed by atoms with van der Waals surface area (Å²) in [6.07, 6.45) is 3.95. The lowest BCUT2D eigenvalue weighted by Crippen LogP contribution is -2.28. The van der Waals surface area contributed by atoms with Gasteiger partial charge in [-0.05, 0) is 25.9 Å². The Balaban J connectivity index is 1.89. The van der Waals surface area contributed by atoms with Gasteiger partial charge < -0.3 is 10.3 Å². The Kier molecular flexibility index (Phi) is 2.49. The second-order valence-corrected chi connectivity index (χ2v) is 3.55. The molecule has 1 fully saturated rings. The summed E-state index contributed by atoms with van der Waals surface area (Å²) in [6, 6.07) is 1.80. The first-order valence-electron chi connectivity index (χ1n) is 4.78. The molecule has 1 aromatic heterocycles. The van der Waals surface area contributed by atoms with Crippen molar-refractivity contribution >= 4 is 5.82 Å². The van der Waals surface area contributed by atoms with Crippen molar-refractivity contribution in [3.63, 3.8) is 0 Å². The molecule has 13 heavy (non-hydrogen) atoms. The van der Waals surface area contributed by atoms with Crippen LogP contribution in [0.3, 0.4) is 0 Å². The predicted molar refractivity (Wildman–Crippen MR) is 50.0 cm³/mol. The first kappa shape index (κ1) is 8.56. The molecule has 1 aliphatic heterocycles. The normalized spacial score (nSPS) is 19.1. The molecule has 0 spiro atoms. The number of anilines is 1. The first-order chi connectivity index (χ1) is 6.34. The zero-order valence-corrected chi connectivity index (χ0v) is 7.70. The first-order valence-corrected chi connectivity index (χ1v) is 4.78. The molecule has 4 nitrogen and oxygen atoms in total. The van der Waals surface area contributed by atoms with E-state index in [0.717, 1.165) is 12.3 Å². The van der Waals surface area contributed by atoms with E-state index in [2.05, 4.69) is 10.1 Å². The molecular formula is C9H15N3O. The highest BCUT2D eigenvalue weighted by atomic mass is 16.5. The maximum atomic E-state index is 5.46. The quantitative estimate of drug-likeness (QED) is 0.745. The lowest BCUT2D eigenvalue weighted by atomic mass is 10.1. The van der Waals surface area contributed by atoms with E-state index in [1.807, 2.05) is 0 Å². The van der Waals surface area contributed by atoms with Gasteiger partial charge in [0.2, 0.25) is 0 Å². The summed E-state index contributed by atoms with van der Waals surface area (Å²) in [5.74, 6) is 1.35. The van der Waals surface area contributed by atoms with Crippen molar-refractivity contribution in [2.45, 2.75) is 25.8 Å². The average molecular weight is 181 g/mol. The van der Waals surface area contributed by atoms with Crippen molar-refractivity contribution in [2.75, 3.05) is 18.8 Å². The Morgan fingerprint density at radius 1 is 1.38 bits per heavy atom. The van der Waals surface area contributed by atoms with E-state index in [1.165, 1.54) is 32.4 Å². The fourth-order valence-electron chi connectivity index (χ4n) is 1.74. The second kappa shape index (κ2) is 3.79. The molecule has 0 atom stereocenters. The maximum absolute atomic E-state index is 5.46. The zero-order valence-electron chi connectivity index (χ0n) is 7.70. The molecule has 0 amide bonds. The number of rotatable bonds is 2. The number of aromatic nitrogens is 1. The van der Waals surface area contributed by atoms with Gasteiger partial charge in [0, 0.05) is 6.07 Å². The van der Waals surface area contributed by atoms with Crippen molar-refractivity contribution < 1.29 is 4.52 Å². The molecule has 0 unspecified atom stereocenters. The summed E-state index contributed by atoms with van der Waals surface area (Å²) in [4.78, 5) is 2.38. The van der Waals surface area contributed by atoms with Crippen LogP contribution < -0.4 is 5.73 Å². The van der Waals surface area contributed by atoms with Crippen molar-refractivity contribution in [2.24, 2.45) is 0 Å². The van der Waals surface area contributed by atoms with Gasteiger partial charge in [0.1, 0.15) is 0 Å². The van der Waals surface area contributed by atoms with Gasteiger partial charge >= 0.3 is 0 Å². The topological polar surface area (TPSA) is 55.3 Å². The standard InChI is InChI=1S/C9H15N3O/c10-9-6-8(13-11-9)7-12-4-2-1-3-5-12/h6H,1-5,7H2,(H2,10,11). The van der Waals surface area contributed by atoms with Crippen LogP contribution in [0, 0.1) is 0 Å². The zero-order chi connectivity index (χ0) is 9.10. The van der Waals surface area contributed by atoms with Gasteiger partial charge in [0.15, 0.2) is 11.6 Å². The van der Waals surface area contributed by atoms with Crippen LogP contribution in [0.1, 0.15) is 25.0 Å². The van der Waals surface area contributed by atoms with Crippen LogP contribution in [0.2, 0.25) is 0 Å². The number of nitrogens with zero attached hydrogens (tertiary/aromatic N) is 2. The second-order valence-electron chi connectivity index (χ2n) is 3.55. The Hall–Kier alpha value is -1.03. The Morgan fingerprint density at radius 2 is 2.15 bits per heavy atom. The molecule has 2 heterocycles.